The normalized spacial score (nSPS) is 19.2. The molecule has 1 aromatic carbocycles. The topological polar surface area (TPSA) is 145 Å². The van der Waals surface area contributed by atoms with Crippen molar-refractivity contribution in [2.24, 2.45) is 0 Å². The predicted octanol–water partition coefficient (Wildman–Crippen LogP) is 2.30. The Balaban J connectivity index is 1.40. The van der Waals surface area contributed by atoms with Crippen LogP contribution in [0.2, 0.25) is 0 Å². The molecule has 0 unspecified atom stereocenters. The molecule has 172 valence electrons. The molecule has 0 radical (unpaired) electrons. The van der Waals surface area contributed by atoms with Gasteiger partial charge in [-0.2, -0.15) is 0 Å². The number of hydrogen-bond donors (Lipinski definition) is 3. The third-order valence-corrected chi connectivity index (χ3v) is 6.28. The lowest BCUT2D eigenvalue weighted by Gasteiger charge is -2.33. The van der Waals surface area contributed by atoms with E-state index in [1.54, 1.807) is 41.5 Å². The Bertz CT molecular complexity index is 1410. The minimum atomic E-state index is -0.877. The van der Waals surface area contributed by atoms with E-state index < -0.39 is 6.09 Å². The van der Waals surface area contributed by atoms with Gasteiger partial charge in [-0.25, -0.2) is 24.4 Å². The van der Waals surface area contributed by atoms with E-state index in [0.29, 0.717) is 41.9 Å². The summed E-state index contributed by atoms with van der Waals surface area (Å²) in [5, 5.41) is 28.2. The number of benzene rings is 1. The molecule has 34 heavy (non-hydrogen) atoms. The lowest BCUT2D eigenvalue weighted by atomic mass is 10.2. The number of hydrogen-bond acceptors (Lipinski definition) is 9. The van der Waals surface area contributed by atoms with Gasteiger partial charge in [0.15, 0.2) is 11.6 Å². The zero-order valence-corrected chi connectivity index (χ0v) is 18.2. The number of aryl methyl sites for hydroxylation is 1. The van der Waals surface area contributed by atoms with Gasteiger partial charge in [-0.3, -0.25) is 4.98 Å². The lowest BCUT2D eigenvalue weighted by Crippen LogP contribution is -2.48. The molecule has 2 aliphatic rings. The van der Waals surface area contributed by atoms with E-state index in [9.17, 15) is 15.0 Å². The van der Waals surface area contributed by atoms with Gasteiger partial charge in [0.25, 0.3) is 0 Å². The maximum absolute atomic E-state index is 11.4. The van der Waals surface area contributed by atoms with Crippen molar-refractivity contribution in [2.75, 3.05) is 23.3 Å². The summed E-state index contributed by atoms with van der Waals surface area (Å²) in [6.07, 6.45) is 4.68. The van der Waals surface area contributed by atoms with Crippen molar-refractivity contribution in [3.05, 3.63) is 48.7 Å². The lowest BCUT2D eigenvalue weighted by molar-refractivity contribution is 0.137. The van der Waals surface area contributed by atoms with Gasteiger partial charge in [-0.1, -0.05) is 0 Å². The number of phenolic OH excluding ortho intramolecular Hbond substituents is 1. The van der Waals surface area contributed by atoms with Crippen LogP contribution in [0.4, 0.5) is 22.2 Å². The summed E-state index contributed by atoms with van der Waals surface area (Å²) in [5.41, 5.74) is 0.662. The van der Waals surface area contributed by atoms with Gasteiger partial charge in [-0.15, -0.1) is 5.10 Å². The van der Waals surface area contributed by atoms with Crippen LogP contribution >= 0.6 is 0 Å². The number of anilines is 3. The number of carbonyl (C=O) groups is 1. The van der Waals surface area contributed by atoms with Crippen LogP contribution in [0.25, 0.3) is 16.7 Å². The number of aromatic hydroxyl groups is 1. The summed E-state index contributed by atoms with van der Waals surface area (Å²) >= 11 is 0. The highest BCUT2D eigenvalue weighted by atomic mass is 16.4. The van der Waals surface area contributed by atoms with Crippen molar-refractivity contribution in [3.63, 3.8) is 0 Å². The highest BCUT2D eigenvalue weighted by Gasteiger charge is 2.46. The van der Waals surface area contributed by atoms with Crippen molar-refractivity contribution in [2.45, 2.75) is 25.4 Å². The standard InChI is InChI=1S/C22H21N9O3/c1-12-25-19(29-10-14-6-13(29)11-30(14)22(33)34)8-20(26-12)31-17-7-15(32)2-3-16(17)21(28-31)27-18-9-23-4-5-24-18/h2-5,7-9,13-14,32H,6,10-11H2,1H3,(H,33,34)(H,24,27,28)/t13-,14-/m0/s1. The number of nitrogens with zero attached hydrogens (tertiary/aromatic N) is 8. The summed E-state index contributed by atoms with van der Waals surface area (Å²) in [4.78, 5) is 32.7. The number of fused-ring (bicyclic) bond motifs is 3. The van der Waals surface area contributed by atoms with E-state index in [0.717, 1.165) is 17.6 Å². The van der Waals surface area contributed by atoms with Crippen molar-refractivity contribution in [1.82, 2.24) is 34.6 Å². The molecule has 2 atom stereocenters. The first kappa shape index (κ1) is 20.1. The quantitative estimate of drug-likeness (QED) is 0.415. The Hall–Kier alpha value is -4.48. The zero-order valence-electron chi connectivity index (χ0n) is 18.2. The van der Waals surface area contributed by atoms with Gasteiger partial charge in [-0.05, 0) is 25.5 Å². The van der Waals surface area contributed by atoms with Gasteiger partial charge in [0.2, 0.25) is 0 Å². The maximum Gasteiger partial charge on any atom is 0.407 e. The molecule has 5 heterocycles. The molecular formula is C22H21N9O3. The van der Waals surface area contributed by atoms with E-state index in [-0.39, 0.29) is 17.8 Å². The summed E-state index contributed by atoms with van der Waals surface area (Å²) < 4.78 is 1.66. The number of phenols is 1. The summed E-state index contributed by atoms with van der Waals surface area (Å²) in [7, 11) is 0. The number of carboxylic acid groups (broad SMARTS) is 1. The van der Waals surface area contributed by atoms with Crippen molar-refractivity contribution < 1.29 is 15.0 Å². The highest BCUT2D eigenvalue weighted by Crippen LogP contribution is 2.35. The van der Waals surface area contributed by atoms with Crippen LogP contribution < -0.4 is 10.2 Å². The van der Waals surface area contributed by atoms with E-state index in [4.69, 9.17) is 5.10 Å². The fourth-order valence-electron chi connectivity index (χ4n) is 4.83. The molecule has 1 amide bonds. The molecule has 0 saturated carbocycles. The Kier molecular flexibility index (Phi) is 4.47. The summed E-state index contributed by atoms with van der Waals surface area (Å²) in [5.74, 6) is 3.03. The van der Waals surface area contributed by atoms with Crippen LogP contribution in [-0.2, 0) is 0 Å². The number of likely N-dealkylation sites (tertiary alicyclic amines) is 1. The molecule has 12 nitrogen and oxygen atoms in total. The molecule has 2 saturated heterocycles. The van der Waals surface area contributed by atoms with Gasteiger partial charge in [0, 0.05) is 43.0 Å². The monoisotopic (exact) mass is 459 g/mol. The fourth-order valence-corrected chi connectivity index (χ4v) is 4.83. The molecule has 0 aliphatic carbocycles. The first-order chi connectivity index (χ1) is 16.5. The largest absolute Gasteiger partial charge is 0.508 e. The van der Waals surface area contributed by atoms with E-state index >= 15 is 0 Å². The minimum Gasteiger partial charge on any atom is -0.508 e. The predicted molar refractivity (Wildman–Crippen MR) is 123 cm³/mol. The van der Waals surface area contributed by atoms with E-state index in [2.05, 4.69) is 30.2 Å². The van der Waals surface area contributed by atoms with Crippen LogP contribution in [0.15, 0.2) is 42.9 Å². The Morgan fingerprint density at radius 3 is 2.71 bits per heavy atom. The third-order valence-electron chi connectivity index (χ3n) is 6.28. The first-order valence-corrected chi connectivity index (χ1v) is 10.8. The third kappa shape index (κ3) is 3.31. The number of aromatic nitrogens is 6. The van der Waals surface area contributed by atoms with Crippen LogP contribution in [0.5, 0.6) is 5.75 Å². The average molecular weight is 459 g/mol. The van der Waals surface area contributed by atoms with E-state index in [1.165, 1.54) is 4.90 Å². The molecule has 2 bridgehead atoms. The number of piperazine rings is 1. The SMILES string of the molecule is Cc1nc(N2C[C@@H]3C[C@H]2CN3C(=O)O)cc(-n2nc(Nc3cnccn3)c3ccc(O)cc32)n1. The molecule has 4 aromatic rings. The second kappa shape index (κ2) is 7.54. The second-order valence-corrected chi connectivity index (χ2v) is 8.44. The van der Waals surface area contributed by atoms with Crippen molar-refractivity contribution in [3.8, 4) is 11.6 Å². The van der Waals surface area contributed by atoms with E-state index in [1.807, 2.05) is 13.0 Å². The molecule has 3 N–H and O–H groups in total. The average Bonchev–Trinajstić information content (AvgIpc) is 3.52. The summed E-state index contributed by atoms with van der Waals surface area (Å²) in [6, 6.07) is 6.90. The fraction of sp³-hybridized carbons (Fsp3) is 0.273. The molecule has 6 rings (SSSR count). The van der Waals surface area contributed by atoms with Gasteiger partial charge in [0.05, 0.1) is 23.8 Å². The van der Waals surface area contributed by atoms with Crippen LogP contribution in [0, 0.1) is 6.92 Å². The molecule has 12 heteroatoms. The number of amides is 1. The zero-order chi connectivity index (χ0) is 23.4. The van der Waals surface area contributed by atoms with Crippen LogP contribution in [0.1, 0.15) is 12.2 Å². The Labute approximate surface area is 193 Å². The number of nitrogens with one attached hydrogen (secondary N) is 1. The molecular weight excluding hydrogens is 438 g/mol. The molecule has 2 aliphatic heterocycles. The molecule has 0 spiro atoms. The Morgan fingerprint density at radius 2 is 1.97 bits per heavy atom. The minimum absolute atomic E-state index is 0.0357. The first-order valence-electron chi connectivity index (χ1n) is 10.8. The van der Waals surface area contributed by atoms with Crippen molar-refractivity contribution in [1.29, 1.82) is 0 Å². The number of rotatable bonds is 4. The second-order valence-electron chi connectivity index (χ2n) is 8.44. The highest BCUT2D eigenvalue weighted by molar-refractivity contribution is 5.93. The van der Waals surface area contributed by atoms with Crippen LogP contribution in [0.3, 0.4) is 0 Å². The van der Waals surface area contributed by atoms with Gasteiger partial charge >= 0.3 is 6.09 Å². The molecule has 2 fully saturated rings. The van der Waals surface area contributed by atoms with Gasteiger partial charge < -0.3 is 25.3 Å². The summed E-state index contributed by atoms with van der Waals surface area (Å²) in [6.45, 7) is 2.86. The maximum atomic E-state index is 11.4. The molecule has 3 aromatic heterocycles. The van der Waals surface area contributed by atoms with Crippen molar-refractivity contribution >= 4 is 34.4 Å². The smallest absolute Gasteiger partial charge is 0.407 e. The van der Waals surface area contributed by atoms with Crippen LogP contribution in [-0.4, -0.2) is 76.1 Å². The van der Waals surface area contributed by atoms with Gasteiger partial charge in [0.1, 0.15) is 23.2 Å². The Morgan fingerprint density at radius 1 is 1.12 bits per heavy atom.